The second-order valence-corrected chi connectivity index (χ2v) is 5.66. The Labute approximate surface area is 105 Å². The molecule has 1 aliphatic rings. The topological polar surface area (TPSA) is 38.3 Å². The summed E-state index contributed by atoms with van der Waals surface area (Å²) in [6.07, 6.45) is 5.00. The van der Waals surface area contributed by atoms with Gasteiger partial charge in [-0.3, -0.25) is 4.79 Å². The molecular formula is C14H27NO2. The molecule has 0 spiro atoms. The first-order chi connectivity index (χ1) is 8.03. The largest absolute Gasteiger partial charge is 0.469 e. The number of nitrogens with one attached hydrogen (secondary N) is 1. The first-order valence-corrected chi connectivity index (χ1v) is 6.85. The quantitative estimate of drug-likeness (QED) is 0.752. The summed E-state index contributed by atoms with van der Waals surface area (Å²) in [5.41, 5.74) is -0.0188. The van der Waals surface area contributed by atoms with E-state index in [1.165, 1.54) is 13.5 Å². The molecule has 17 heavy (non-hydrogen) atoms. The van der Waals surface area contributed by atoms with E-state index in [0.717, 1.165) is 31.7 Å². The molecule has 3 heteroatoms. The van der Waals surface area contributed by atoms with Crippen LogP contribution in [0.3, 0.4) is 0 Å². The van der Waals surface area contributed by atoms with E-state index in [9.17, 15) is 4.79 Å². The van der Waals surface area contributed by atoms with Crippen molar-refractivity contribution in [1.82, 2.24) is 5.32 Å². The van der Waals surface area contributed by atoms with Crippen molar-refractivity contribution in [2.75, 3.05) is 13.7 Å². The van der Waals surface area contributed by atoms with Crippen molar-refractivity contribution in [3.05, 3.63) is 0 Å². The standard InChI is InChI=1S/C14H27NO2/c1-5-8-15-14(10-13(16)17-4)7-6-11(2)12(3)9-14/h11-12,15H,5-10H2,1-4H3. The van der Waals surface area contributed by atoms with Gasteiger partial charge in [-0.15, -0.1) is 0 Å². The Morgan fingerprint density at radius 2 is 2.12 bits per heavy atom. The Morgan fingerprint density at radius 3 is 2.65 bits per heavy atom. The predicted molar refractivity (Wildman–Crippen MR) is 69.8 cm³/mol. The molecule has 1 aliphatic carbocycles. The fourth-order valence-electron chi connectivity index (χ4n) is 2.83. The summed E-state index contributed by atoms with van der Waals surface area (Å²) in [6, 6.07) is 0. The number of rotatable bonds is 5. The molecule has 0 aliphatic heterocycles. The fourth-order valence-corrected chi connectivity index (χ4v) is 2.83. The van der Waals surface area contributed by atoms with Crippen molar-refractivity contribution in [2.45, 2.75) is 58.4 Å². The third-order valence-corrected chi connectivity index (χ3v) is 4.22. The van der Waals surface area contributed by atoms with E-state index in [4.69, 9.17) is 4.74 Å². The van der Waals surface area contributed by atoms with Crippen molar-refractivity contribution in [3.63, 3.8) is 0 Å². The third kappa shape index (κ3) is 3.98. The predicted octanol–water partition coefficient (Wildman–Crippen LogP) is 2.74. The van der Waals surface area contributed by atoms with Crippen LogP contribution in [0.2, 0.25) is 0 Å². The van der Waals surface area contributed by atoms with Crippen LogP contribution in [-0.4, -0.2) is 25.2 Å². The zero-order valence-electron chi connectivity index (χ0n) is 11.7. The number of carbonyl (C=O) groups excluding carboxylic acids is 1. The average Bonchev–Trinajstić information content (AvgIpc) is 2.32. The van der Waals surface area contributed by atoms with E-state index in [-0.39, 0.29) is 11.5 Å². The van der Waals surface area contributed by atoms with Crippen molar-refractivity contribution in [3.8, 4) is 0 Å². The highest BCUT2D eigenvalue weighted by atomic mass is 16.5. The van der Waals surface area contributed by atoms with Crippen molar-refractivity contribution < 1.29 is 9.53 Å². The lowest BCUT2D eigenvalue weighted by Gasteiger charge is -2.43. The second-order valence-electron chi connectivity index (χ2n) is 5.66. The molecule has 3 atom stereocenters. The van der Waals surface area contributed by atoms with Crippen LogP contribution in [0.15, 0.2) is 0 Å². The zero-order valence-corrected chi connectivity index (χ0v) is 11.7. The van der Waals surface area contributed by atoms with Gasteiger partial charge < -0.3 is 10.1 Å². The number of methoxy groups -OCH3 is 1. The van der Waals surface area contributed by atoms with Gasteiger partial charge >= 0.3 is 5.97 Å². The van der Waals surface area contributed by atoms with Gasteiger partial charge in [0.05, 0.1) is 13.5 Å². The van der Waals surface area contributed by atoms with Crippen LogP contribution in [0, 0.1) is 11.8 Å². The van der Waals surface area contributed by atoms with Gasteiger partial charge in [0.2, 0.25) is 0 Å². The summed E-state index contributed by atoms with van der Waals surface area (Å²) < 4.78 is 4.84. The smallest absolute Gasteiger partial charge is 0.307 e. The zero-order chi connectivity index (χ0) is 12.9. The van der Waals surface area contributed by atoms with E-state index >= 15 is 0 Å². The Morgan fingerprint density at radius 1 is 1.41 bits per heavy atom. The van der Waals surface area contributed by atoms with E-state index in [2.05, 4.69) is 26.1 Å². The molecular weight excluding hydrogens is 214 g/mol. The Balaban J connectivity index is 2.68. The summed E-state index contributed by atoms with van der Waals surface area (Å²) in [6.45, 7) is 7.75. The number of carbonyl (C=O) groups is 1. The fraction of sp³-hybridized carbons (Fsp3) is 0.929. The number of ether oxygens (including phenoxy) is 1. The maximum Gasteiger partial charge on any atom is 0.307 e. The molecule has 0 aromatic carbocycles. The summed E-state index contributed by atoms with van der Waals surface area (Å²) in [4.78, 5) is 11.6. The highest BCUT2D eigenvalue weighted by Crippen LogP contribution is 2.38. The minimum Gasteiger partial charge on any atom is -0.469 e. The van der Waals surface area contributed by atoms with Gasteiger partial charge in [0.15, 0.2) is 0 Å². The Kier molecular flexibility index (Phi) is 5.44. The molecule has 1 fully saturated rings. The van der Waals surface area contributed by atoms with Crippen LogP contribution >= 0.6 is 0 Å². The van der Waals surface area contributed by atoms with Gasteiger partial charge in [0.1, 0.15) is 0 Å². The molecule has 0 aromatic rings. The number of hydrogen-bond acceptors (Lipinski definition) is 3. The van der Waals surface area contributed by atoms with E-state index in [1.807, 2.05) is 0 Å². The maximum absolute atomic E-state index is 11.6. The van der Waals surface area contributed by atoms with Crippen LogP contribution < -0.4 is 5.32 Å². The van der Waals surface area contributed by atoms with Crippen LogP contribution in [0.25, 0.3) is 0 Å². The monoisotopic (exact) mass is 241 g/mol. The molecule has 1 saturated carbocycles. The minimum absolute atomic E-state index is 0.0188. The lowest BCUT2D eigenvalue weighted by molar-refractivity contribution is -0.143. The van der Waals surface area contributed by atoms with Gasteiger partial charge in [-0.25, -0.2) is 0 Å². The van der Waals surface area contributed by atoms with Crippen molar-refractivity contribution in [2.24, 2.45) is 11.8 Å². The van der Waals surface area contributed by atoms with E-state index in [0.29, 0.717) is 12.3 Å². The molecule has 3 unspecified atom stereocenters. The first kappa shape index (κ1) is 14.5. The van der Waals surface area contributed by atoms with Crippen LogP contribution in [0.1, 0.15) is 52.9 Å². The van der Waals surface area contributed by atoms with Gasteiger partial charge in [-0.05, 0) is 44.1 Å². The highest BCUT2D eigenvalue weighted by molar-refractivity contribution is 5.70. The summed E-state index contributed by atoms with van der Waals surface area (Å²) in [7, 11) is 1.48. The highest BCUT2D eigenvalue weighted by Gasteiger charge is 2.39. The van der Waals surface area contributed by atoms with Crippen LogP contribution in [-0.2, 0) is 9.53 Å². The van der Waals surface area contributed by atoms with Crippen LogP contribution in [0.4, 0.5) is 0 Å². The average molecular weight is 241 g/mol. The molecule has 100 valence electrons. The molecule has 0 bridgehead atoms. The van der Waals surface area contributed by atoms with E-state index in [1.54, 1.807) is 0 Å². The van der Waals surface area contributed by atoms with Gasteiger partial charge in [0, 0.05) is 5.54 Å². The maximum atomic E-state index is 11.6. The van der Waals surface area contributed by atoms with Gasteiger partial charge in [0.25, 0.3) is 0 Å². The minimum atomic E-state index is -0.0876. The number of esters is 1. The molecule has 0 saturated heterocycles. The van der Waals surface area contributed by atoms with Gasteiger partial charge in [-0.2, -0.15) is 0 Å². The summed E-state index contributed by atoms with van der Waals surface area (Å²) in [5.74, 6) is 1.36. The normalized spacial score (nSPS) is 33.4. The molecule has 0 amide bonds. The number of hydrogen-bond donors (Lipinski definition) is 1. The molecule has 0 aromatic heterocycles. The lowest BCUT2D eigenvalue weighted by Crippen LogP contribution is -2.51. The van der Waals surface area contributed by atoms with Crippen molar-refractivity contribution >= 4 is 5.97 Å². The van der Waals surface area contributed by atoms with Crippen LogP contribution in [0.5, 0.6) is 0 Å². The molecule has 3 nitrogen and oxygen atoms in total. The molecule has 1 N–H and O–H groups in total. The Hall–Kier alpha value is -0.570. The summed E-state index contributed by atoms with van der Waals surface area (Å²) >= 11 is 0. The summed E-state index contributed by atoms with van der Waals surface area (Å²) in [5, 5.41) is 3.60. The third-order valence-electron chi connectivity index (χ3n) is 4.22. The molecule has 1 rings (SSSR count). The first-order valence-electron chi connectivity index (χ1n) is 6.85. The molecule has 0 radical (unpaired) electrons. The van der Waals surface area contributed by atoms with Gasteiger partial charge in [-0.1, -0.05) is 20.8 Å². The lowest BCUT2D eigenvalue weighted by atomic mass is 9.70. The van der Waals surface area contributed by atoms with Crippen molar-refractivity contribution in [1.29, 1.82) is 0 Å². The van der Waals surface area contributed by atoms with E-state index < -0.39 is 0 Å². The Bertz CT molecular complexity index is 251. The SMILES string of the molecule is CCCNC1(CC(=O)OC)CCC(C)C(C)C1. The second kappa shape index (κ2) is 6.39. The molecule has 0 heterocycles.